The van der Waals surface area contributed by atoms with E-state index in [1.807, 2.05) is 24.3 Å². The van der Waals surface area contributed by atoms with Crippen molar-refractivity contribution in [3.63, 3.8) is 0 Å². The van der Waals surface area contributed by atoms with Gasteiger partial charge in [0, 0.05) is 11.2 Å². The molecule has 2 rings (SSSR count). The summed E-state index contributed by atoms with van der Waals surface area (Å²) in [6, 6.07) is 11.2. The molecule has 2 aromatic carbocycles. The number of hydrogen-bond donors (Lipinski definition) is 1. The second-order valence-corrected chi connectivity index (χ2v) is 11.5. The zero-order valence-electron chi connectivity index (χ0n) is 19.0. The Balaban J connectivity index is 2.11. The molecule has 32 heavy (non-hydrogen) atoms. The fourth-order valence-corrected chi connectivity index (χ4v) is 4.68. The fourth-order valence-electron chi connectivity index (χ4n) is 3.16. The first-order chi connectivity index (χ1) is 15.0. The molecule has 1 N–H and O–H groups in total. The molecule has 0 heterocycles. The molecule has 0 amide bonds. The lowest BCUT2D eigenvalue weighted by Gasteiger charge is -2.27. The summed E-state index contributed by atoms with van der Waals surface area (Å²) >= 11 is 12.9. The third kappa shape index (κ3) is 7.27. The van der Waals surface area contributed by atoms with Gasteiger partial charge in [-0.25, -0.2) is 8.42 Å². The Bertz CT molecular complexity index is 965. The maximum Gasteiger partial charge on any atom is 0.156 e. The van der Waals surface area contributed by atoms with Crippen molar-refractivity contribution in [1.82, 2.24) is 0 Å². The monoisotopic (exact) mass is 502 g/mol. The summed E-state index contributed by atoms with van der Waals surface area (Å²) in [6.45, 7) is 8.26. The van der Waals surface area contributed by atoms with Gasteiger partial charge in [-0.3, -0.25) is 0 Å². The molecule has 8 heteroatoms. The highest BCUT2D eigenvalue weighted by atomic mass is 35.5. The van der Waals surface area contributed by atoms with E-state index in [1.165, 1.54) is 0 Å². The van der Waals surface area contributed by atoms with Crippen LogP contribution in [0.5, 0.6) is 11.5 Å². The number of aliphatic hydroxyl groups excluding tert-OH is 1. The quantitative estimate of drug-likeness (QED) is 0.378. The third-order valence-corrected chi connectivity index (χ3v) is 7.70. The van der Waals surface area contributed by atoms with Gasteiger partial charge in [-0.1, -0.05) is 69.5 Å². The van der Waals surface area contributed by atoms with E-state index >= 15 is 0 Å². The Labute approximate surface area is 201 Å². The maximum absolute atomic E-state index is 11.6. The van der Waals surface area contributed by atoms with Crippen LogP contribution in [0.3, 0.4) is 0 Å². The van der Waals surface area contributed by atoms with Gasteiger partial charge >= 0.3 is 0 Å². The minimum absolute atomic E-state index is 0.00623. The van der Waals surface area contributed by atoms with Crippen molar-refractivity contribution < 1.29 is 23.0 Å². The molecule has 0 spiro atoms. The van der Waals surface area contributed by atoms with E-state index in [2.05, 4.69) is 20.8 Å². The number of hydrogen-bond acceptors (Lipinski definition) is 5. The second-order valence-electron chi connectivity index (χ2n) is 8.28. The number of halogens is 2. The van der Waals surface area contributed by atoms with Crippen molar-refractivity contribution in [3.05, 3.63) is 57.6 Å². The van der Waals surface area contributed by atoms with Crippen LogP contribution in [0.25, 0.3) is 0 Å². The summed E-state index contributed by atoms with van der Waals surface area (Å²) in [5.41, 5.74) is 1.58. The number of ether oxygens (including phenoxy) is 2. The number of rotatable bonds is 12. The molecule has 178 valence electrons. The molecule has 0 radical (unpaired) electrons. The van der Waals surface area contributed by atoms with E-state index < -0.39 is 15.9 Å². The summed E-state index contributed by atoms with van der Waals surface area (Å²) in [6.07, 6.45) is 0.884. The van der Waals surface area contributed by atoms with Gasteiger partial charge in [0.15, 0.2) is 15.6 Å². The minimum Gasteiger partial charge on any atom is -0.491 e. The van der Waals surface area contributed by atoms with Crippen LogP contribution in [0.1, 0.15) is 51.7 Å². The maximum atomic E-state index is 11.6. The van der Waals surface area contributed by atoms with E-state index in [0.29, 0.717) is 28.2 Å². The number of unbranched alkanes of at least 4 members (excludes halogenated alkanes) is 1. The average Bonchev–Trinajstić information content (AvgIpc) is 2.74. The normalized spacial score (nSPS) is 13.1. The lowest BCUT2D eigenvalue weighted by Crippen LogP contribution is -2.28. The summed E-state index contributed by atoms with van der Waals surface area (Å²) in [5, 5.41) is 10.9. The van der Waals surface area contributed by atoms with Crippen LogP contribution < -0.4 is 9.47 Å². The van der Waals surface area contributed by atoms with Gasteiger partial charge in [0.05, 0.1) is 22.4 Å². The van der Waals surface area contributed by atoms with Crippen molar-refractivity contribution in [1.29, 1.82) is 0 Å². The summed E-state index contributed by atoms with van der Waals surface area (Å²) in [7, 11) is -3.26. The Kier molecular flexibility index (Phi) is 9.70. The molecule has 1 unspecified atom stereocenters. The zero-order chi connectivity index (χ0) is 23.9. The van der Waals surface area contributed by atoms with Gasteiger partial charge in [-0.15, -0.1) is 0 Å². The lowest BCUT2D eigenvalue weighted by atomic mass is 9.78. The largest absolute Gasteiger partial charge is 0.491 e. The van der Waals surface area contributed by atoms with E-state index in [4.69, 9.17) is 32.7 Å². The topological polar surface area (TPSA) is 72.8 Å². The standard InChI is InChI=1S/C24H32Cl2O5S/c1-5-7-12-30-23-21(25)13-18(14-22(23)26)24(3,4)17-8-10-20(11-9-17)31-15-19(27)16-32(28,29)6-2/h8-11,13-14,19,27H,5-7,12,15-16H2,1-4H3. The summed E-state index contributed by atoms with van der Waals surface area (Å²) < 4.78 is 34.5. The number of aliphatic hydroxyl groups is 1. The summed E-state index contributed by atoms with van der Waals surface area (Å²) in [4.78, 5) is 0. The predicted molar refractivity (Wildman–Crippen MR) is 131 cm³/mol. The molecule has 0 aliphatic rings. The smallest absolute Gasteiger partial charge is 0.156 e. The third-order valence-electron chi connectivity index (χ3n) is 5.37. The molecule has 0 aliphatic heterocycles. The van der Waals surface area contributed by atoms with Crippen LogP contribution in [0, 0.1) is 0 Å². The van der Waals surface area contributed by atoms with Crippen molar-refractivity contribution in [2.24, 2.45) is 0 Å². The highest BCUT2D eigenvalue weighted by Crippen LogP contribution is 2.40. The Hall–Kier alpha value is -1.47. The fraction of sp³-hybridized carbons (Fsp3) is 0.500. The van der Waals surface area contributed by atoms with E-state index in [1.54, 1.807) is 19.1 Å². The van der Waals surface area contributed by atoms with E-state index in [9.17, 15) is 13.5 Å². The molecule has 0 bridgehead atoms. The van der Waals surface area contributed by atoms with E-state index in [-0.39, 0.29) is 23.5 Å². The first-order valence-corrected chi connectivity index (χ1v) is 13.3. The van der Waals surface area contributed by atoms with Gasteiger partial charge in [0.25, 0.3) is 0 Å². The molecule has 1 atom stereocenters. The molecular formula is C24H32Cl2O5S. The first kappa shape index (κ1) is 26.8. The van der Waals surface area contributed by atoms with Crippen molar-refractivity contribution in [2.45, 2.75) is 52.1 Å². The second kappa shape index (κ2) is 11.6. The first-order valence-electron chi connectivity index (χ1n) is 10.7. The van der Waals surface area contributed by atoms with Crippen LogP contribution in [-0.2, 0) is 15.3 Å². The van der Waals surface area contributed by atoms with Gasteiger partial charge in [-0.05, 0) is 41.8 Å². The van der Waals surface area contributed by atoms with Crippen molar-refractivity contribution in [3.8, 4) is 11.5 Å². The van der Waals surface area contributed by atoms with Gasteiger partial charge in [0.2, 0.25) is 0 Å². The highest BCUT2D eigenvalue weighted by molar-refractivity contribution is 7.91. The highest BCUT2D eigenvalue weighted by Gasteiger charge is 2.26. The Morgan fingerprint density at radius 2 is 1.59 bits per heavy atom. The van der Waals surface area contributed by atoms with Crippen LogP contribution >= 0.6 is 23.2 Å². The van der Waals surface area contributed by atoms with Gasteiger partial charge in [0.1, 0.15) is 18.5 Å². The molecule has 0 saturated carbocycles. The van der Waals surface area contributed by atoms with Gasteiger partial charge < -0.3 is 14.6 Å². The number of sulfone groups is 1. The molecule has 2 aromatic rings. The SMILES string of the molecule is CCCCOc1c(Cl)cc(C(C)(C)c2ccc(OCC(O)CS(=O)(=O)CC)cc2)cc1Cl. The average molecular weight is 503 g/mol. The van der Waals surface area contributed by atoms with Crippen molar-refractivity contribution in [2.75, 3.05) is 24.7 Å². The Morgan fingerprint density at radius 1 is 1.00 bits per heavy atom. The molecule has 0 fully saturated rings. The molecule has 5 nitrogen and oxygen atoms in total. The zero-order valence-corrected chi connectivity index (χ0v) is 21.4. The molecule has 0 aliphatic carbocycles. The Morgan fingerprint density at radius 3 is 2.12 bits per heavy atom. The van der Waals surface area contributed by atoms with Crippen molar-refractivity contribution >= 4 is 33.0 Å². The van der Waals surface area contributed by atoms with Crippen LogP contribution in [0.4, 0.5) is 0 Å². The molecule has 0 aromatic heterocycles. The lowest BCUT2D eigenvalue weighted by molar-refractivity contribution is 0.125. The predicted octanol–water partition coefficient (Wildman–Crippen LogP) is 5.67. The molecular weight excluding hydrogens is 471 g/mol. The van der Waals surface area contributed by atoms with Gasteiger partial charge in [-0.2, -0.15) is 0 Å². The van der Waals surface area contributed by atoms with E-state index in [0.717, 1.165) is 24.0 Å². The van der Waals surface area contributed by atoms with Crippen LogP contribution in [0.15, 0.2) is 36.4 Å². The number of benzene rings is 2. The molecule has 0 saturated heterocycles. The summed E-state index contributed by atoms with van der Waals surface area (Å²) in [5.74, 6) is 0.740. The van der Waals surface area contributed by atoms with Crippen LogP contribution in [-0.4, -0.2) is 44.3 Å². The van der Waals surface area contributed by atoms with Crippen LogP contribution in [0.2, 0.25) is 10.0 Å². The minimum atomic E-state index is -3.26.